The molecule has 0 atom stereocenters. The lowest BCUT2D eigenvalue weighted by Crippen LogP contribution is -2.36. The summed E-state index contributed by atoms with van der Waals surface area (Å²) in [6.45, 7) is 1.31. The molecule has 0 aliphatic rings. The van der Waals surface area contributed by atoms with Gasteiger partial charge in [0.05, 0.1) is 10.2 Å². The van der Waals surface area contributed by atoms with Crippen molar-refractivity contribution in [1.29, 1.82) is 0 Å². The summed E-state index contributed by atoms with van der Waals surface area (Å²) < 4.78 is 6.91. The number of aromatic nitrogens is 1. The number of halogens is 1. The zero-order valence-electron chi connectivity index (χ0n) is 17.4. The van der Waals surface area contributed by atoms with Gasteiger partial charge in [0.15, 0.2) is 5.13 Å². The number of benzene rings is 3. The molecule has 0 aliphatic carbocycles. The second-order valence-corrected chi connectivity index (χ2v) is 8.17. The molecule has 0 fully saturated rings. The summed E-state index contributed by atoms with van der Waals surface area (Å²) in [5.41, 5.74) is 1.51. The predicted octanol–water partition coefficient (Wildman–Crippen LogP) is 5.72. The number of anilines is 1. The molecule has 0 radical (unpaired) electrons. The average molecular weight is 454 g/mol. The van der Waals surface area contributed by atoms with Crippen LogP contribution in [0.4, 0.5) is 5.13 Å². The lowest BCUT2D eigenvalue weighted by Gasteiger charge is -2.22. The molecule has 31 heavy (non-hydrogen) atoms. The summed E-state index contributed by atoms with van der Waals surface area (Å²) in [4.78, 5) is 21.9. The molecule has 0 saturated carbocycles. The van der Waals surface area contributed by atoms with E-state index in [-0.39, 0.29) is 18.3 Å². The summed E-state index contributed by atoms with van der Waals surface area (Å²) >= 11 is 1.54. The monoisotopic (exact) mass is 453 g/mol. The fourth-order valence-electron chi connectivity index (χ4n) is 3.01. The summed E-state index contributed by atoms with van der Waals surface area (Å²) in [5, 5.41) is 0.715. The Morgan fingerprint density at radius 1 is 0.871 bits per heavy atom. The molecule has 0 unspecified atom stereocenters. The van der Waals surface area contributed by atoms with Crippen molar-refractivity contribution in [1.82, 2.24) is 9.88 Å². The Morgan fingerprint density at radius 3 is 2.19 bits per heavy atom. The number of amides is 1. The van der Waals surface area contributed by atoms with Gasteiger partial charge in [-0.15, -0.1) is 12.4 Å². The van der Waals surface area contributed by atoms with E-state index in [1.54, 1.807) is 17.0 Å². The highest BCUT2D eigenvalue weighted by molar-refractivity contribution is 7.22. The van der Waals surface area contributed by atoms with Crippen LogP contribution in [0.2, 0.25) is 0 Å². The van der Waals surface area contributed by atoms with Crippen molar-refractivity contribution in [2.75, 3.05) is 32.1 Å². The number of fused-ring (bicyclic) bond motifs is 1. The number of carbonyl (C=O) groups excluding carboxylic acids is 1. The number of rotatable bonds is 7. The third-order valence-electron chi connectivity index (χ3n) is 4.61. The van der Waals surface area contributed by atoms with Gasteiger partial charge in [0, 0.05) is 18.7 Å². The predicted molar refractivity (Wildman–Crippen MR) is 130 cm³/mol. The SMILES string of the molecule is CN(C)CCN(C(=O)c1ccc(Oc2ccccc2)cc1)c1nc2ccccc2s1.Cl. The van der Waals surface area contributed by atoms with Crippen molar-refractivity contribution in [3.05, 3.63) is 84.4 Å². The van der Waals surface area contributed by atoms with Gasteiger partial charge in [-0.2, -0.15) is 0 Å². The number of ether oxygens (including phenoxy) is 1. The second-order valence-electron chi connectivity index (χ2n) is 7.16. The molecular weight excluding hydrogens is 430 g/mol. The van der Waals surface area contributed by atoms with Crippen LogP contribution in [0.1, 0.15) is 10.4 Å². The van der Waals surface area contributed by atoms with E-state index in [1.807, 2.05) is 80.8 Å². The van der Waals surface area contributed by atoms with Gasteiger partial charge in [0.25, 0.3) is 5.91 Å². The van der Waals surface area contributed by atoms with Crippen molar-refractivity contribution >= 4 is 45.0 Å². The number of carbonyl (C=O) groups is 1. The largest absolute Gasteiger partial charge is 0.457 e. The molecule has 1 heterocycles. The Balaban J connectivity index is 0.00000272. The maximum absolute atomic E-state index is 13.3. The third kappa shape index (κ3) is 5.61. The number of thiazole rings is 1. The van der Waals surface area contributed by atoms with Crippen molar-refractivity contribution in [3.63, 3.8) is 0 Å². The molecule has 4 rings (SSSR count). The molecule has 0 saturated heterocycles. The van der Waals surface area contributed by atoms with Gasteiger partial charge in [0.1, 0.15) is 11.5 Å². The fraction of sp³-hybridized carbons (Fsp3) is 0.167. The van der Waals surface area contributed by atoms with Crippen molar-refractivity contribution < 1.29 is 9.53 Å². The van der Waals surface area contributed by atoms with Gasteiger partial charge in [-0.3, -0.25) is 9.69 Å². The first-order valence-corrected chi connectivity index (χ1v) is 10.6. The Bertz CT molecular complexity index is 1100. The molecule has 4 aromatic rings. The van der Waals surface area contributed by atoms with Crippen molar-refractivity contribution in [2.24, 2.45) is 0 Å². The van der Waals surface area contributed by atoms with Gasteiger partial charge in [-0.05, 0) is 62.6 Å². The van der Waals surface area contributed by atoms with E-state index in [2.05, 4.69) is 4.90 Å². The Morgan fingerprint density at radius 2 is 1.52 bits per heavy atom. The zero-order chi connectivity index (χ0) is 20.9. The van der Waals surface area contributed by atoms with E-state index in [4.69, 9.17) is 9.72 Å². The number of likely N-dealkylation sites (N-methyl/N-ethyl adjacent to an activating group) is 1. The molecule has 0 N–H and O–H groups in total. The number of para-hydroxylation sites is 2. The molecule has 5 nitrogen and oxygen atoms in total. The molecule has 0 aliphatic heterocycles. The third-order valence-corrected chi connectivity index (χ3v) is 5.67. The van der Waals surface area contributed by atoms with Gasteiger partial charge >= 0.3 is 0 Å². The van der Waals surface area contributed by atoms with Crippen LogP contribution in [0.5, 0.6) is 11.5 Å². The highest BCUT2D eigenvalue weighted by Gasteiger charge is 2.21. The van der Waals surface area contributed by atoms with Crippen LogP contribution < -0.4 is 9.64 Å². The lowest BCUT2D eigenvalue weighted by atomic mass is 10.2. The van der Waals surface area contributed by atoms with E-state index in [0.717, 1.165) is 22.5 Å². The van der Waals surface area contributed by atoms with E-state index in [9.17, 15) is 4.79 Å². The van der Waals surface area contributed by atoms with E-state index in [1.165, 1.54) is 11.3 Å². The number of hydrogen-bond acceptors (Lipinski definition) is 5. The molecule has 3 aromatic carbocycles. The minimum atomic E-state index is -0.0674. The normalized spacial score (nSPS) is 10.7. The highest BCUT2D eigenvalue weighted by Crippen LogP contribution is 2.30. The smallest absolute Gasteiger partial charge is 0.260 e. The fourth-order valence-corrected chi connectivity index (χ4v) is 4.00. The zero-order valence-corrected chi connectivity index (χ0v) is 19.0. The topological polar surface area (TPSA) is 45.7 Å². The number of hydrogen-bond donors (Lipinski definition) is 0. The Labute approximate surface area is 192 Å². The van der Waals surface area contributed by atoms with E-state index in [0.29, 0.717) is 23.0 Å². The number of nitrogens with zero attached hydrogens (tertiary/aromatic N) is 3. The van der Waals surface area contributed by atoms with Gasteiger partial charge in [0.2, 0.25) is 0 Å². The van der Waals surface area contributed by atoms with E-state index >= 15 is 0 Å². The Kier molecular flexibility index (Phi) is 7.63. The van der Waals surface area contributed by atoms with Gasteiger partial charge in [-0.25, -0.2) is 4.98 Å². The maximum atomic E-state index is 13.3. The molecule has 0 bridgehead atoms. The summed E-state index contributed by atoms with van der Waals surface area (Å²) in [6, 6.07) is 24.8. The molecule has 7 heteroatoms. The average Bonchev–Trinajstić information content (AvgIpc) is 3.18. The van der Waals surface area contributed by atoms with Crippen LogP contribution in [0.25, 0.3) is 10.2 Å². The van der Waals surface area contributed by atoms with Crippen LogP contribution >= 0.6 is 23.7 Å². The van der Waals surface area contributed by atoms with Gasteiger partial charge in [-0.1, -0.05) is 41.7 Å². The molecule has 1 amide bonds. The van der Waals surface area contributed by atoms with Crippen LogP contribution in [-0.2, 0) is 0 Å². The quantitative estimate of drug-likeness (QED) is 0.359. The maximum Gasteiger partial charge on any atom is 0.260 e. The molecular formula is C24H24ClN3O2S. The van der Waals surface area contributed by atoms with E-state index < -0.39 is 0 Å². The van der Waals surface area contributed by atoms with Crippen molar-refractivity contribution in [2.45, 2.75) is 0 Å². The lowest BCUT2D eigenvalue weighted by molar-refractivity contribution is 0.0985. The van der Waals surface area contributed by atoms with Crippen LogP contribution in [0, 0.1) is 0 Å². The first-order chi connectivity index (χ1) is 14.6. The van der Waals surface area contributed by atoms with Crippen molar-refractivity contribution in [3.8, 4) is 11.5 Å². The summed E-state index contributed by atoms with van der Waals surface area (Å²) in [5.74, 6) is 1.39. The van der Waals surface area contributed by atoms with Crippen LogP contribution in [-0.4, -0.2) is 43.0 Å². The standard InChI is InChI=1S/C24H23N3O2S.ClH/c1-26(2)16-17-27(24-25-21-10-6-7-11-22(21)30-24)23(28)18-12-14-20(15-13-18)29-19-8-4-3-5-9-19;/h3-15H,16-17H2,1-2H3;1H. The first-order valence-electron chi connectivity index (χ1n) is 9.75. The van der Waals surface area contributed by atoms with Gasteiger partial charge < -0.3 is 9.64 Å². The molecule has 0 spiro atoms. The highest BCUT2D eigenvalue weighted by atomic mass is 35.5. The first kappa shape index (κ1) is 22.7. The summed E-state index contributed by atoms with van der Waals surface area (Å²) in [6.07, 6.45) is 0. The molecule has 1 aromatic heterocycles. The van der Waals surface area contributed by atoms with Crippen LogP contribution in [0.15, 0.2) is 78.9 Å². The second kappa shape index (κ2) is 10.4. The van der Waals surface area contributed by atoms with Crippen LogP contribution in [0.3, 0.4) is 0 Å². The summed E-state index contributed by atoms with van der Waals surface area (Å²) in [7, 11) is 3.99. The Hall–Kier alpha value is -2.93. The minimum Gasteiger partial charge on any atom is -0.457 e. The minimum absolute atomic E-state index is 0. The molecule has 160 valence electrons.